The number of aryl methyl sites for hydroxylation is 1. The fraction of sp³-hybridized carbons (Fsp3) is 0.286. The van der Waals surface area contributed by atoms with Crippen LogP contribution in [0.4, 0.5) is 0 Å². The highest BCUT2D eigenvalue weighted by atomic mass is 14.6. The van der Waals surface area contributed by atoms with Crippen molar-refractivity contribution in [1.82, 2.24) is 0 Å². The van der Waals surface area contributed by atoms with E-state index in [2.05, 4.69) is 37.3 Å². The van der Waals surface area contributed by atoms with Gasteiger partial charge in [0.2, 0.25) is 0 Å². The highest BCUT2D eigenvalue weighted by Gasteiger charge is 2.17. The lowest BCUT2D eigenvalue weighted by Gasteiger charge is -2.23. The van der Waals surface area contributed by atoms with Crippen molar-refractivity contribution in [3.8, 4) is 0 Å². The Kier molecular flexibility index (Phi) is 1.83. The molecule has 1 heteroatoms. The minimum Gasteiger partial charge on any atom is -0.327 e. The van der Waals surface area contributed by atoms with Gasteiger partial charge in [-0.25, -0.2) is 0 Å². The molecule has 2 N–H and O–H groups in total. The summed E-state index contributed by atoms with van der Waals surface area (Å²) in [6.45, 7) is 2.18. The quantitative estimate of drug-likeness (QED) is 0.690. The third kappa shape index (κ3) is 1.27. The molecule has 2 aromatic carbocycles. The second kappa shape index (κ2) is 3.07. The van der Waals surface area contributed by atoms with Crippen molar-refractivity contribution >= 4 is 10.8 Å². The van der Waals surface area contributed by atoms with Crippen LogP contribution in [0.2, 0.25) is 0 Å². The van der Waals surface area contributed by atoms with Crippen molar-refractivity contribution in [1.29, 1.82) is 0 Å². The van der Waals surface area contributed by atoms with E-state index in [4.69, 9.17) is 5.73 Å². The van der Waals surface area contributed by atoms with E-state index in [-0.39, 0.29) is 0 Å². The maximum atomic E-state index is 6.06. The summed E-state index contributed by atoms with van der Waals surface area (Å²) >= 11 is 0. The van der Waals surface area contributed by atoms with E-state index in [1.807, 2.05) is 0 Å². The van der Waals surface area contributed by atoms with E-state index in [1.165, 1.54) is 27.5 Å². The van der Waals surface area contributed by atoms with Crippen LogP contribution < -0.4 is 5.73 Å². The van der Waals surface area contributed by atoms with Crippen molar-refractivity contribution in [2.75, 3.05) is 0 Å². The van der Waals surface area contributed by atoms with E-state index in [0.29, 0.717) is 6.04 Å². The Morgan fingerprint density at radius 1 is 1.07 bits per heavy atom. The lowest BCUT2D eigenvalue weighted by Crippen LogP contribution is -2.28. The minimum absolute atomic E-state index is 0.297. The Hall–Kier alpha value is -1.34. The van der Waals surface area contributed by atoms with Crippen LogP contribution in [0, 0.1) is 6.92 Å². The molecule has 1 atom stereocenters. The smallest absolute Gasteiger partial charge is 0.0120 e. The topological polar surface area (TPSA) is 26.0 Å². The first-order valence-corrected chi connectivity index (χ1v) is 5.51. The summed E-state index contributed by atoms with van der Waals surface area (Å²) in [5.74, 6) is 0. The zero-order valence-electron chi connectivity index (χ0n) is 8.96. The van der Waals surface area contributed by atoms with Gasteiger partial charge in [-0.1, -0.05) is 30.3 Å². The van der Waals surface area contributed by atoms with Gasteiger partial charge in [-0.3, -0.25) is 0 Å². The Labute approximate surface area is 89.9 Å². The Morgan fingerprint density at radius 2 is 1.80 bits per heavy atom. The Balaban J connectivity index is 2.42. The molecule has 2 aromatic rings. The largest absolute Gasteiger partial charge is 0.327 e. The molecule has 3 rings (SSSR count). The molecule has 1 aliphatic rings. The number of benzene rings is 2. The number of nitrogens with two attached hydrogens (primary N) is 1. The summed E-state index contributed by atoms with van der Waals surface area (Å²) in [6.07, 6.45) is 2.04. The first-order chi connectivity index (χ1) is 7.25. The molecule has 0 amide bonds. The van der Waals surface area contributed by atoms with E-state index in [9.17, 15) is 0 Å². The molecule has 1 aliphatic carbocycles. The van der Waals surface area contributed by atoms with Crippen LogP contribution in [-0.4, -0.2) is 6.04 Å². The first kappa shape index (κ1) is 8.93. The summed E-state index contributed by atoms with van der Waals surface area (Å²) < 4.78 is 0. The monoisotopic (exact) mass is 197 g/mol. The van der Waals surface area contributed by atoms with Gasteiger partial charge in [0, 0.05) is 6.04 Å². The zero-order chi connectivity index (χ0) is 10.4. The average Bonchev–Trinajstić information content (AvgIpc) is 2.23. The summed E-state index contributed by atoms with van der Waals surface area (Å²) in [6, 6.07) is 11.3. The third-order valence-electron chi connectivity index (χ3n) is 3.40. The first-order valence-electron chi connectivity index (χ1n) is 5.51. The maximum absolute atomic E-state index is 6.06. The molecule has 0 heterocycles. The lowest BCUT2D eigenvalue weighted by atomic mass is 9.85. The zero-order valence-corrected chi connectivity index (χ0v) is 8.96. The SMILES string of the molecule is Cc1ccc2c3c(cccc13)CC(N)C2. The van der Waals surface area contributed by atoms with Crippen LogP contribution in [-0.2, 0) is 12.8 Å². The molecule has 0 aromatic heterocycles. The third-order valence-corrected chi connectivity index (χ3v) is 3.40. The molecule has 0 aliphatic heterocycles. The van der Waals surface area contributed by atoms with E-state index < -0.39 is 0 Å². The van der Waals surface area contributed by atoms with Crippen LogP contribution in [0.5, 0.6) is 0 Å². The molecule has 1 nitrogen and oxygen atoms in total. The molecule has 15 heavy (non-hydrogen) atoms. The highest BCUT2D eigenvalue weighted by Crippen LogP contribution is 2.30. The van der Waals surface area contributed by atoms with Gasteiger partial charge in [0.05, 0.1) is 0 Å². The normalized spacial score (nSPS) is 19.5. The predicted molar refractivity (Wildman–Crippen MR) is 64.1 cm³/mol. The standard InChI is InChI=1S/C14H15N/c1-9-5-6-11-8-12(15)7-10-3-2-4-13(9)14(10)11/h2-6,12H,7-8,15H2,1H3. The molecule has 76 valence electrons. The van der Waals surface area contributed by atoms with E-state index >= 15 is 0 Å². The van der Waals surface area contributed by atoms with Crippen molar-refractivity contribution in [3.63, 3.8) is 0 Å². The predicted octanol–water partition coefficient (Wildman–Crippen LogP) is 2.57. The lowest BCUT2D eigenvalue weighted by molar-refractivity contribution is 0.656. The van der Waals surface area contributed by atoms with Gasteiger partial charge in [-0.05, 0) is 47.2 Å². The molecular formula is C14H15N. The molecule has 0 bridgehead atoms. The van der Waals surface area contributed by atoms with Gasteiger partial charge in [0.25, 0.3) is 0 Å². The van der Waals surface area contributed by atoms with Gasteiger partial charge in [-0.2, -0.15) is 0 Å². The fourth-order valence-corrected chi connectivity index (χ4v) is 2.68. The fourth-order valence-electron chi connectivity index (χ4n) is 2.68. The van der Waals surface area contributed by atoms with Gasteiger partial charge in [0.1, 0.15) is 0 Å². The molecule has 0 saturated carbocycles. The van der Waals surface area contributed by atoms with Crippen LogP contribution in [0.1, 0.15) is 16.7 Å². The van der Waals surface area contributed by atoms with Crippen molar-refractivity contribution < 1.29 is 0 Å². The molecule has 0 spiro atoms. The van der Waals surface area contributed by atoms with E-state index in [1.54, 1.807) is 0 Å². The molecule has 0 radical (unpaired) electrons. The van der Waals surface area contributed by atoms with E-state index in [0.717, 1.165) is 12.8 Å². The van der Waals surface area contributed by atoms with Crippen molar-refractivity contribution in [2.24, 2.45) is 5.73 Å². The second-order valence-electron chi connectivity index (χ2n) is 4.55. The number of rotatable bonds is 0. The van der Waals surface area contributed by atoms with Crippen molar-refractivity contribution in [2.45, 2.75) is 25.8 Å². The second-order valence-corrected chi connectivity index (χ2v) is 4.55. The van der Waals surface area contributed by atoms with Gasteiger partial charge < -0.3 is 5.73 Å². The minimum atomic E-state index is 0.297. The molecule has 0 saturated heterocycles. The molecule has 1 unspecified atom stereocenters. The summed E-state index contributed by atoms with van der Waals surface area (Å²) in [5, 5.41) is 2.86. The van der Waals surface area contributed by atoms with Crippen molar-refractivity contribution in [3.05, 3.63) is 47.0 Å². The van der Waals surface area contributed by atoms with Gasteiger partial charge in [0.15, 0.2) is 0 Å². The number of hydrogen-bond donors (Lipinski definition) is 1. The van der Waals surface area contributed by atoms with Gasteiger partial charge in [-0.15, -0.1) is 0 Å². The van der Waals surface area contributed by atoms with Gasteiger partial charge >= 0.3 is 0 Å². The summed E-state index contributed by atoms with van der Waals surface area (Å²) in [4.78, 5) is 0. The van der Waals surface area contributed by atoms with Crippen LogP contribution in [0.15, 0.2) is 30.3 Å². The Morgan fingerprint density at radius 3 is 2.60 bits per heavy atom. The average molecular weight is 197 g/mol. The maximum Gasteiger partial charge on any atom is 0.0120 e. The highest BCUT2D eigenvalue weighted by molar-refractivity contribution is 5.92. The number of hydrogen-bond acceptors (Lipinski definition) is 1. The molecule has 0 fully saturated rings. The summed E-state index contributed by atoms with van der Waals surface area (Å²) in [7, 11) is 0. The van der Waals surface area contributed by atoms with Crippen LogP contribution >= 0.6 is 0 Å². The van der Waals surface area contributed by atoms with Crippen LogP contribution in [0.25, 0.3) is 10.8 Å². The summed E-state index contributed by atoms with van der Waals surface area (Å²) in [5.41, 5.74) is 10.3. The Bertz CT molecular complexity index is 516. The molecular weight excluding hydrogens is 182 g/mol. The van der Waals surface area contributed by atoms with Crippen LogP contribution in [0.3, 0.4) is 0 Å².